The molecule has 0 radical (unpaired) electrons. The first kappa shape index (κ1) is 21.1. The van der Waals surface area contributed by atoms with Crippen LogP contribution in [0.3, 0.4) is 0 Å². The zero-order chi connectivity index (χ0) is 20.9. The molecule has 1 unspecified atom stereocenters. The van der Waals surface area contributed by atoms with E-state index in [4.69, 9.17) is 20.6 Å². The summed E-state index contributed by atoms with van der Waals surface area (Å²) in [4.78, 5) is 19.0. The standard InChI is InChI=1S/C21H29N5O3/c1-14-2-4-15(5-3-14)10-19(27)28-11-16-8-9-21(12-22,29-16)18-7-6-17(26-18)20(24)25-13-23/h6-7,13-16,26H,2-5,8-11H2,1H3,(H3,23,24,25)/t14?,15?,16?,21-/m0/s1. The molecule has 0 aromatic carbocycles. The van der Waals surface area contributed by atoms with Crippen LogP contribution in [-0.2, 0) is 19.9 Å². The van der Waals surface area contributed by atoms with Gasteiger partial charge in [-0.05, 0) is 49.7 Å². The van der Waals surface area contributed by atoms with Crippen molar-refractivity contribution in [2.45, 2.75) is 63.6 Å². The van der Waals surface area contributed by atoms with Crippen LogP contribution in [0.2, 0.25) is 0 Å². The third-order valence-corrected chi connectivity index (χ3v) is 5.99. The van der Waals surface area contributed by atoms with Crippen molar-refractivity contribution in [2.75, 3.05) is 6.61 Å². The van der Waals surface area contributed by atoms with Gasteiger partial charge in [-0.25, -0.2) is 4.99 Å². The highest BCUT2D eigenvalue weighted by molar-refractivity contribution is 5.99. The molecule has 1 saturated heterocycles. The minimum Gasteiger partial charge on any atom is -0.463 e. The summed E-state index contributed by atoms with van der Waals surface area (Å²) in [5.74, 6) is 1.17. The number of rotatable bonds is 7. The van der Waals surface area contributed by atoms with Gasteiger partial charge >= 0.3 is 5.97 Å². The number of esters is 1. The second kappa shape index (κ2) is 9.23. The van der Waals surface area contributed by atoms with E-state index in [1.807, 2.05) is 0 Å². The van der Waals surface area contributed by atoms with Crippen LogP contribution < -0.4 is 5.73 Å². The molecule has 2 atom stereocenters. The summed E-state index contributed by atoms with van der Waals surface area (Å²) < 4.78 is 11.5. The van der Waals surface area contributed by atoms with Crippen molar-refractivity contribution in [2.24, 2.45) is 22.6 Å². The number of H-pyrrole nitrogens is 1. The lowest BCUT2D eigenvalue weighted by atomic mass is 9.81. The molecule has 8 heteroatoms. The van der Waals surface area contributed by atoms with Crippen molar-refractivity contribution < 1.29 is 14.3 Å². The van der Waals surface area contributed by atoms with Gasteiger partial charge < -0.3 is 20.2 Å². The molecule has 1 saturated carbocycles. The Morgan fingerprint density at radius 2 is 2.21 bits per heavy atom. The molecule has 156 valence electrons. The number of aromatic nitrogens is 1. The second-order valence-electron chi connectivity index (χ2n) is 8.16. The number of nitrogens with one attached hydrogen (secondary N) is 2. The van der Waals surface area contributed by atoms with E-state index in [1.165, 1.54) is 12.8 Å². The van der Waals surface area contributed by atoms with E-state index in [2.05, 4.69) is 23.0 Å². The number of carbonyl (C=O) groups is 1. The van der Waals surface area contributed by atoms with Crippen molar-refractivity contribution in [3.63, 3.8) is 0 Å². The summed E-state index contributed by atoms with van der Waals surface area (Å²) in [6.45, 7) is 2.42. The zero-order valence-electron chi connectivity index (χ0n) is 16.8. The maximum atomic E-state index is 12.2. The van der Waals surface area contributed by atoms with Crippen molar-refractivity contribution in [3.05, 3.63) is 23.5 Å². The predicted molar refractivity (Wildman–Crippen MR) is 108 cm³/mol. The lowest BCUT2D eigenvalue weighted by molar-refractivity contribution is -0.150. The molecule has 1 aliphatic carbocycles. The minimum atomic E-state index is -1.13. The van der Waals surface area contributed by atoms with Crippen LogP contribution in [0.25, 0.3) is 0 Å². The second-order valence-corrected chi connectivity index (χ2v) is 8.16. The molecule has 2 aliphatic rings. The Labute approximate surface area is 171 Å². The lowest BCUT2D eigenvalue weighted by Crippen LogP contribution is -2.28. The molecular weight excluding hydrogens is 370 g/mol. The summed E-state index contributed by atoms with van der Waals surface area (Å²) in [7, 11) is 0. The zero-order valence-corrected chi connectivity index (χ0v) is 16.8. The van der Waals surface area contributed by atoms with E-state index < -0.39 is 5.60 Å². The topological polar surface area (TPSA) is 137 Å². The van der Waals surface area contributed by atoms with E-state index in [1.54, 1.807) is 12.1 Å². The monoisotopic (exact) mass is 399 g/mol. The number of aromatic amines is 1. The summed E-state index contributed by atoms with van der Waals surface area (Å²) in [5, 5.41) is 16.8. The molecule has 1 aliphatic heterocycles. The molecule has 0 amide bonds. The molecule has 3 rings (SSSR count). The average molecular weight is 399 g/mol. The van der Waals surface area contributed by atoms with Crippen molar-refractivity contribution >= 4 is 18.1 Å². The van der Waals surface area contributed by atoms with Gasteiger partial charge in [0.25, 0.3) is 0 Å². The Bertz CT molecular complexity index is 803. The first-order chi connectivity index (χ1) is 14.0. The largest absolute Gasteiger partial charge is 0.463 e. The quantitative estimate of drug-likeness (QED) is 0.368. The summed E-state index contributed by atoms with van der Waals surface area (Å²) >= 11 is 0. The smallest absolute Gasteiger partial charge is 0.306 e. The van der Waals surface area contributed by atoms with Crippen LogP contribution in [0.15, 0.2) is 17.1 Å². The van der Waals surface area contributed by atoms with Crippen LogP contribution >= 0.6 is 0 Å². The van der Waals surface area contributed by atoms with Gasteiger partial charge in [0.15, 0.2) is 5.60 Å². The van der Waals surface area contributed by atoms with Gasteiger partial charge in [-0.15, -0.1) is 0 Å². The number of hydrogen-bond donors (Lipinski definition) is 3. The van der Waals surface area contributed by atoms with Gasteiger partial charge in [-0.1, -0.05) is 19.8 Å². The first-order valence-electron chi connectivity index (χ1n) is 10.2. The van der Waals surface area contributed by atoms with E-state index in [0.29, 0.717) is 36.6 Å². The SMILES string of the molecule is CC1CCC(CC(=O)OCC2CC[C@](C#N)(c3ccc(/C(N)=N\C=N)[nH]3)O2)CC1. The van der Waals surface area contributed by atoms with E-state index in [9.17, 15) is 10.1 Å². The maximum Gasteiger partial charge on any atom is 0.306 e. The molecule has 2 heterocycles. The fourth-order valence-corrected chi connectivity index (χ4v) is 4.16. The van der Waals surface area contributed by atoms with E-state index >= 15 is 0 Å². The Hall–Kier alpha value is -2.66. The third kappa shape index (κ3) is 5.04. The number of amidine groups is 1. The molecule has 0 bridgehead atoms. The van der Waals surface area contributed by atoms with E-state index in [0.717, 1.165) is 25.1 Å². The van der Waals surface area contributed by atoms with Gasteiger partial charge in [0.2, 0.25) is 0 Å². The molecule has 4 N–H and O–H groups in total. The minimum absolute atomic E-state index is 0.163. The third-order valence-electron chi connectivity index (χ3n) is 5.99. The van der Waals surface area contributed by atoms with Crippen LogP contribution in [0.5, 0.6) is 0 Å². The molecule has 0 spiro atoms. The normalized spacial score (nSPS) is 29.9. The van der Waals surface area contributed by atoms with E-state index in [-0.39, 0.29) is 24.5 Å². The van der Waals surface area contributed by atoms with Crippen LogP contribution in [0.4, 0.5) is 0 Å². The number of carbonyl (C=O) groups excluding carboxylic acids is 1. The predicted octanol–water partition coefficient (Wildman–Crippen LogP) is 2.98. The summed E-state index contributed by atoms with van der Waals surface area (Å²) in [6.07, 6.45) is 6.68. The average Bonchev–Trinajstić information content (AvgIpc) is 3.36. The van der Waals surface area contributed by atoms with Gasteiger partial charge in [-0.3, -0.25) is 10.2 Å². The Balaban J connectivity index is 1.53. The van der Waals surface area contributed by atoms with Crippen molar-refractivity contribution in [1.82, 2.24) is 4.98 Å². The Kier molecular flexibility index (Phi) is 6.70. The van der Waals surface area contributed by atoms with Crippen LogP contribution in [0.1, 0.15) is 63.3 Å². The van der Waals surface area contributed by atoms with Gasteiger partial charge in [0.1, 0.15) is 24.9 Å². The Morgan fingerprint density at radius 3 is 2.90 bits per heavy atom. The van der Waals surface area contributed by atoms with Gasteiger partial charge in [-0.2, -0.15) is 5.26 Å². The number of ether oxygens (including phenoxy) is 2. The van der Waals surface area contributed by atoms with Gasteiger partial charge in [0, 0.05) is 6.42 Å². The highest BCUT2D eigenvalue weighted by atomic mass is 16.6. The Morgan fingerprint density at radius 1 is 1.45 bits per heavy atom. The highest BCUT2D eigenvalue weighted by Gasteiger charge is 2.43. The van der Waals surface area contributed by atoms with Crippen LogP contribution in [-0.4, -0.2) is 35.8 Å². The molecule has 29 heavy (non-hydrogen) atoms. The molecule has 2 fully saturated rings. The fraction of sp³-hybridized carbons (Fsp3) is 0.619. The number of nitrogens with zero attached hydrogens (tertiary/aromatic N) is 2. The van der Waals surface area contributed by atoms with Crippen molar-refractivity contribution in [1.29, 1.82) is 10.7 Å². The van der Waals surface area contributed by atoms with Crippen LogP contribution in [0, 0.1) is 28.6 Å². The number of nitriles is 1. The lowest BCUT2D eigenvalue weighted by Gasteiger charge is -2.25. The summed E-state index contributed by atoms with van der Waals surface area (Å²) in [6, 6.07) is 5.69. The maximum absolute atomic E-state index is 12.2. The fourth-order valence-electron chi connectivity index (χ4n) is 4.16. The number of hydrogen-bond acceptors (Lipinski definition) is 5. The number of nitrogens with two attached hydrogens (primary N) is 1. The summed E-state index contributed by atoms with van der Waals surface area (Å²) in [5.41, 5.74) is 5.77. The molecule has 8 nitrogen and oxygen atoms in total. The molecule has 1 aromatic heterocycles. The molecular formula is C21H29N5O3. The first-order valence-corrected chi connectivity index (χ1v) is 10.2. The highest BCUT2D eigenvalue weighted by Crippen LogP contribution is 2.38. The van der Waals surface area contributed by atoms with Crippen molar-refractivity contribution in [3.8, 4) is 6.07 Å². The van der Waals surface area contributed by atoms with Gasteiger partial charge in [0.05, 0.1) is 17.5 Å². The molecule has 1 aromatic rings. The number of aliphatic imine (C=N–C) groups is 1.